The third kappa shape index (κ3) is 6.51. The lowest BCUT2D eigenvalue weighted by molar-refractivity contribution is -0.384. The van der Waals surface area contributed by atoms with Gasteiger partial charge in [-0.15, -0.1) is 0 Å². The maximum atomic E-state index is 11.8. The maximum Gasteiger partial charge on any atom is 0.292 e. The third-order valence-electron chi connectivity index (χ3n) is 3.45. The highest BCUT2D eigenvalue weighted by Crippen LogP contribution is 2.22. The molecular formula is C19H18N4O4. The minimum Gasteiger partial charge on any atom is -0.479 e. The molecule has 1 amide bonds. The van der Waals surface area contributed by atoms with Crippen LogP contribution in [0.15, 0.2) is 54.6 Å². The lowest BCUT2D eigenvalue weighted by atomic mass is 10.2. The maximum absolute atomic E-state index is 11.8. The molecule has 0 unspecified atom stereocenters. The van der Waals surface area contributed by atoms with E-state index in [1.54, 1.807) is 48.5 Å². The molecule has 0 spiro atoms. The molecule has 27 heavy (non-hydrogen) atoms. The van der Waals surface area contributed by atoms with Crippen molar-refractivity contribution in [2.24, 2.45) is 0 Å². The molecule has 0 atom stereocenters. The molecule has 0 aliphatic heterocycles. The summed E-state index contributed by atoms with van der Waals surface area (Å²) >= 11 is 0. The number of nitrogens with one attached hydrogen (secondary N) is 2. The number of anilines is 1. The molecule has 0 saturated heterocycles. The second-order valence-corrected chi connectivity index (χ2v) is 5.34. The van der Waals surface area contributed by atoms with E-state index in [0.717, 1.165) is 5.56 Å². The monoisotopic (exact) mass is 366 g/mol. The Hall–Kier alpha value is -3.86. The summed E-state index contributed by atoms with van der Waals surface area (Å²) < 4.78 is 5.15. The summed E-state index contributed by atoms with van der Waals surface area (Å²) in [4.78, 5) is 22.3. The lowest BCUT2D eigenvalue weighted by Crippen LogP contribution is -2.27. The number of carbonyl (C=O) groups excluding carboxylic acids is 1. The van der Waals surface area contributed by atoms with Crippen molar-refractivity contribution in [3.05, 3.63) is 70.3 Å². The van der Waals surface area contributed by atoms with Crippen molar-refractivity contribution in [3.8, 4) is 11.8 Å². The van der Waals surface area contributed by atoms with Crippen molar-refractivity contribution in [2.75, 3.05) is 25.0 Å². The van der Waals surface area contributed by atoms with Gasteiger partial charge in [-0.25, -0.2) is 0 Å². The van der Waals surface area contributed by atoms with Crippen molar-refractivity contribution in [3.63, 3.8) is 0 Å². The fourth-order valence-electron chi connectivity index (χ4n) is 2.19. The predicted molar refractivity (Wildman–Crippen MR) is 101 cm³/mol. The predicted octanol–water partition coefficient (Wildman–Crippen LogP) is 2.74. The molecule has 0 saturated carbocycles. The van der Waals surface area contributed by atoms with E-state index in [9.17, 15) is 14.9 Å². The van der Waals surface area contributed by atoms with Crippen LogP contribution in [0.2, 0.25) is 0 Å². The van der Waals surface area contributed by atoms with Gasteiger partial charge in [-0.1, -0.05) is 24.3 Å². The Kier molecular flexibility index (Phi) is 7.36. The Morgan fingerprint density at radius 3 is 2.63 bits per heavy atom. The number of nitro benzene ring substituents is 1. The van der Waals surface area contributed by atoms with Crippen molar-refractivity contribution >= 4 is 23.4 Å². The number of hydrogen-bond donors (Lipinski definition) is 2. The number of hydrogen-bond acceptors (Lipinski definition) is 6. The van der Waals surface area contributed by atoms with Crippen LogP contribution < -0.4 is 15.4 Å². The van der Waals surface area contributed by atoms with Gasteiger partial charge >= 0.3 is 0 Å². The molecule has 0 radical (unpaired) electrons. The number of amides is 1. The summed E-state index contributed by atoms with van der Waals surface area (Å²) in [5.74, 6) is 0.309. The number of para-hydroxylation sites is 2. The van der Waals surface area contributed by atoms with Gasteiger partial charge in [0, 0.05) is 25.2 Å². The number of rotatable bonds is 9. The van der Waals surface area contributed by atoms with Crippen LogP contribution in [0.25, 0.3) is 6.08 Å². The molecule has 0 heterocycles. The first-order valence-corrected chi connectivity index (χ1v) is 8.13. The van der Waals surface area contributed by atoms with E-state index in [0.29, 0.717) is 24.5 Å². The van der Waals surface area contributed by atoms with Crippen LogP contribution >= 0.6 is 0 Å². The third-order valence-corrected chi connectivity index (χ3v) is 3.45. The van der Waals surface area contributed by atoms with Crippen molar-refractivity contribution in [1.82, 2.24) is 5.32 Å². The summed E-state index contributed by atoms with van der Waals surface area (Å²) in [6.45, 7) is 0.656. The SMILES string of the molecule is N#CCOc1ccc(/C=C/C(=O)NCCNc2ccccc2[N+](=O)[O-])cc1. The van der Waals surface area contributed by atoms with Gasteiger partial charge in [-0.3, -0.25) is 14.9 Å². The first-order chi connectivity index (χ1) is 13.1. The number of nitriles is 1. The molecule has 0 bridgehead atoms. The van der Waals surface area contributed by atoms with E-state index in [1.165, 1.54) is 12.1 Å². The topological polar surface area (TPSA) is 117 Å². The van der Waals surface area contributed by atoms with Crippen LogP contribution in [0.3, 0.4) is 0 Å². The molecule has 2 rings (SSSR count). The molecule has 8 nitrogen and oxygen atoms in total. The molecule has 2 aromatic rings. The average Bonchev–Trinajstić information content (AvgIpc) is 2.69. The fourth-order valence-corrected chi connectivity index (χ4v) is 2.19. The van der Waals surface area contributed by atoms with Crippen LogP contribution in [0.4, 0.5) is 11.4 Å². The van der Waals surface area contributed by atoms with E-state index < -0.39 is 4.92 Å². The van der Waals surface area contributed by atoms with Crippen molar-refractivity contribution in [2.45, 2.75) is 0 Å². The minimum absolute atomic E-state index is 0.00841. The number of ether oxygens (including phenoxy) is 1. The Bertz CT molecular complexity index is 857. The van der Waals surface area contributed by atoms with Crippen LogP contribution in [0, 0.1) is 21.4 Å². The summed E-state index contributed by atoms with van der Waals surface area (Å²) in [7, 11) is 0. The second-order valence-electron chi connectivity index (χ2n) is 5.34. The molecule has 0 fully saturated rings. The Morgan fingerprint density at radius 2 is 1.93 bits per heavy atom. The van der Waals surface area contributed by atoms with Gasteiger partial charge in [0.25, 0.3) is 5.69 Å². The highest BCUT2D eigenvalue weighted by Gasteiger charge is 2.11. The number of nitrogens with zero attached hydrogens (tertiary/aromatic N) is 2. The van der Waals surface area contributed by atoms with Gasteiger partial charge in [-0.2, -0.15) is 5.26 Å². The smallest absolute Gasteiger partial charge is 0.292 e. The van der Waals surface area contributed by atoms with Gasteiger partial charge in [0.05, 0.1) is 4.92 Å². The Labute approximate surface area is 156 Å². The highest BCUT2D eigenvalue weighted by atomic mass is 16.6. The molecule has 0 aliphatic carbocycles. The van der Waals surface area contributed by atoms with E-state index in [1.807, 2.05) is 6.07 Å². The molecule has 2 aromatic carbocycles. The fraction of sp³-hybridized carbons (Fsp3) is 0.158. The molecule has 138 valence electrons. The van der Waals surface area contributed by atoms with Gasteiger partial charge in [0.15, 0.2) is 6.61 Å². The largest absolute Gasteiger partial charge is 0.479 e. The zero-order valence-electron chi connectivity index (χ0n) is 14.4. The van der Waals surface area contributed by atoms with Gasteiger partial charge < -0.3 is 15.4 Å². The van der Waals surface area contributed by atoms with Crippen LogP contribution in [-0.2, 0) is 4.79 Å². The first-order valence-electron chi connectivity index (χ1n) is 8.13. The minimum atomic E-state index is -0.458. The molecule has 0 aliphatic rings. The van der Waals surface area contributed by atoms with Crippen molar-refractivity contribution in [1.29, 1.82) is 5.26 Å². The molecule has 0 aromatic heterocycles. The van der Waals surface area contributed by atoms with Crippen molar-refractivity contribution < 1.29 is 14.5 Å². The number of carbonyl (C=O) groups is 1. The van der Waals surface area contributed by atoms with E-state index >= 15 is 0 Å². The normalized spacial score (nSPS) is 10.2. The van der Waals surface area contributed by atoms with Crippen LogP contribution in [-0.4, -0.2) is 30.5 Å². The van der Waals surface area contributed by atoms with Gasteiger partial charge in [0.1, 0.15) is 17.5 Å². The summed E-state index contributed by atoms with van der Waals surface area (Å²) in [6.07, 6.45) is 3.05. The van der Waals surface area contributed by atoms with E-state index in [4.69, 9.17) is 10.00 Å². The summed E-state index contributed by atoms with van der Waals surface area (Å²) in [5, 5.41) is 25.0. The lowest BCUT2D eigenvalue weighted by Gasteiger charge is -2.07. The standard InChI is InChI=1S/C19H18N4O4/c20-11-14-27-16-8-5-15(6-9-16)7-10-19(24)22-13-12-21-17-3-1-2-4-18(17)23(25)26/h1-10,21H,12-14H2,(H,22,24)/b10-7+. The first kappa shape index (κ1) is 19.5. The molecule has 2 N–H and O–H groups in total. The summed E-state index contributed by atoms with van der Waals surface area (Å²) in [6, 6.07) is 15.2. The van der Waals surface area contributed by atoms with E-state index in [-0.39, 0.29) is 18.2 Å². The van der Waals surface area contributed by atoms with Gasteiger partial charge in [0.2, 0.25) is 5.91 Å². The number of nitro groups is 1. The van der Waals surface area contributed by atoms with Crippen LogP contribution in [0.5, 0.6) is 5.75 Å². The zero-order chi connectivity index (χ0) is 19.5. The zero-order valence-corrected chi connectivity index (χ0v) is 14.4. The van der Waals surface area contributed by atoms with Gasteiger partial charge in [-0.05, 0) is 29.8 Å². The van der Waals surface area contributed by atoms with E-state index in [2.05, 4.69) is 10.6 Å². The Morgan fingerprint density at radius 1 is 1.19 bits per heavy atom. The summed E-state index contributed by atoms with van der Waals surface area (Å²) in [5.41, 5.74) is 1.21. The number of benzene rings is 2. The average molecular weight is 366 g/mol. The quantitative estimate of drug-likeness (QED) is 0.305. The highest BCUT2D eigenvalue weighted by molar-refractivity contribution is 5.91. The molecule has 8 heteroatoms. The van der Waals surface area contributed by atoms with Crippen LogP contribution in [0.1, 0.15) is 5.56 Å². The Balaban J connectivity index is 1.75. The molecular weight excluding hydrogens is 348 g/mol. The second kappa shape index (κ2) is 10.2.